The summed E-state index contributed by atoms with van der Waals surface area (Å²) in [6, 6.07) is 18.2. The predicted molar refractivity (Wildman–Crippen MR) is 129 cm³/mol. The summed E-state index contributed by atoms with van der Waals surface area (Å²) in [6.45, 7) is 6.36. The van der Waals surface area contributed by atoms with E-state index in [4.69, 9.17) is 0 Å². The second kappa shape index (κ2) is 8.71. The van der Waals surface area contributed by atoms with Gasteiger partial charge in [-0.3, -0.25) is 13.9 Å². The average Bonchev–Trinajstić information content (AvgIpc) is 3.08. The van der Waals surface area contributed by atoms with Gasteiger partial charge >= 0.3 is 5.69 Å². The van der Waals surface area contributed by atoms with Crippen molar-refractivity contribution in [3.05, 3.63) is 88.3 Å². The molecule has 0 aliphatic carbocycles. The van der Waals surface area contributed by atoms with E-state index in [1.165, 1.54) is 22.8 Å². The van der Waals surface area contributed by atoms with Gasteiger partial charge in [0.15, 0.2) is 0 Å². The van der Waals surface area contributed by atoms with E-state index in [2.05, 4.69) is 5.32 Å². The standard InChI is InChI=1S/C25H25N3O4S/c1-4-27-21-15-20(26-24(29)18-11-9-10-17(3)14-18)23(16-22(21)28(5-2)25(27)30)33(31,32)19-12-7-6-8-13-19/h6-16H,4-5H2,1-3H3,(H,26,29). The highest BCUT2D eigenvalue weighted by Gasteiger charge is 2.26. The van der Waals surface area contributed by atoms with Gasteiger partial charge in [0, 0.05) is 18.7 Å². The van der Waals surface area contributed by atoms with Crippen LogP contribution in [-0.2, 0) is 22.9 Å². The molecule has 0 aliphatic heterocycles. The summed E-state index contributed by atoms with van der Waals surface area (Å²) in [4.78, 5) is 25.9. The fourth-order valence-corrected chi connectivity index (χ4v) is 5.42. The van der Waals surface area contributed by atoms with Crippen molar-refractivity contribution in [2.45, 2.75) is 43.7 Å². The van der Waals surface area contributed by atoms with Crippen molar-refractivity contribution in [3.63, 3.8) is 0 Å². The van der Waals surface area contributed by atoms with Gasteiger partial charge < -0.3 is 5.32 Å². The number of amides is 1. The zero-order valence-electron chi connectivity index (χ0n) is 18.7. The molecule has 8 heteroatoms. The van der Waals surface area contributed by atoms with E-state index < -0.39 is 15.7 Å². The van der Waals surface area contributed by atoms with Crippen LogP contribution in [0.25, 0.3) is 11.0 Å². The number of benzene rings is 3. The van der Waals surface area contributed by atoms with E-state index in [1.807, 2.05) is 26.8 Å². The molecule has 1 N–H and O–H groups in total. The van der Waals surface area contributed by atoms with Gasteiger partial charge in [-0.05, 0) is 57.2 Å². The number of hydrogen-bond acceptors (Lipinski definition) is 4. The van der Waals surface area contributed by atoms with Gasteiger partial charge in [-0.2, -0.15) is 0 Å². The molecule has 0 unspecified atom stereocenters. The number of anilines is 1. The predicted octanol–water partition coefficient (Wildman–Crippen LogP) is 4.24. The van der Waals surface area contributed by atoms with E-state index in [0.717, 1.165) is 5.56 Å². The fourth-order valence-electron chi connectivity index (χ4n) is 3.98. The first-order valence-corrected chi connectivity index (χ1v) is 12.2. The number of carbonyl (C=O) groups excluding carboxylic acids is 1. The van der Waals surface area contributed by atoms with Gasteiger partial charge in [-0.15, -0.1) is 0 Å². The molecule has 0 spiro atoms. The van der Waals surface area contributed by atoms with Crippen LogP contribution in [0.2, 0.25) is 0 Å². The van der Waals surface area contributed by atoms with E-state index in [1.54, 1.807) is 47.0 Å². The lowest BCUT2D eigenvalue weighted by atomic mass is 10.1. The fraction of sp³-hybridized carbons (Fsp3) is 0.200. The van der Waals surface area contributed by atoms with Crippen LogP contribution in [0.1, 0.15) is 29.8 Å². The van der Waals surface area contributed by atoms with Crippen LogP contribution in [0.3, 0.4) is 0 Å². The number of imidazole rings is 1. The lowest BCUT2D eigenvalue weighted by Crippen LogP contribution is -2.23. The van der Waals surface area contributed by atoms with Crippen LogP contribution in [-0.4, -0.2) is 23.5 Å². The van der Waals surface area contributed by atoms with Gasteiger partial charge in [-0.25, -0.2) is 13.2 Å². The lowest BCUT2D eigenvalue weighted by molar-refractivity contribution is 0.102. The summed E-state index contributed by atoms with van der Waals surface area (Å²) in [5.74, 6) is -0.428. The molecule has 4 aromatic rings. The molecule has 7 nitrogen and oxygen atoms in total. The Morgan fingerprint density at radius 1 is 0.879 bits per heavy atom. The van der Waals surface area contributed by atoms with Crippen molar-refractivity contribution < 1.29 is 13.2 Å². The van der Waals surface area contributed by atoms with Gasteiger partial charge in [0.25, 0.3) is 5.91 Å². The summed E-state index contributed by atoms with van der Waals surface area (Å²) < 4.78 is 30.3. The van der Waals surface area contributed by atoms with Crippen LogP contribution >= 0.6 is 0 Å². The third kappa shape index (κ3) is 3.98. The Balaban J connectivity index is 1.98. The summed E-state index contributed by atoms with van der Waals surface area (Å²) in [7, 11) is -3.97. The average molecular weight is 464 g/mol. The van der Waals surface area contributed by atoms with E-state index in [9.17, 15) is 18.0 Å². The molecule has 33 heavy (non-hydrogen) atoms. The topological polar surface area (TPSA) is 90.2 Å². The minimum Gasteiger partial charge on any atom is -0.321 e. The zero-order valence-corrected chi connectivity index (χ0v) is 19.5. The van der Waals surface area contributed by atoms with Crippen LogP contribution < -0.4 is 11.0 Å². The SMILES string of the molecule is CCn1c(=O)n(CC)c2cc(S(=O)(=O)c3ccccc3)c(NC(=O)c3cccc(C)c3)cc21. The van der Waals surface area contributed by atoms with E-state index in [-0.39, 0.29) is 21.2 Å². The first-order chi connectivity index (χ1) is 15.8. The first-order valence-electron chi connectivity index (χ1n) is 10.7. The number of hydrogen-bond donors (Lipinski definition) is 1. The second-order valence-electron chi connectivity index (χ2n) is 7.75. The highest BCUT2D eigenvalue weighted by molar-refractivity contribution is 7.91. The van der Waals surface area contributed by atoms with Gasteiger partial charge in [0.1, 0.15) is 0 Å². The van der Waals surface area contributed by atoms with Crippen LogP contribution in [0.15, 0.2) is 81.3 Å². The first kappa shape index (κ1) is 22.5. The molecule has 1 amide bonds. The molecule has 0 fully saturated rings. The molecule has 170 valence electrons. The molecule has 3 aromatic carbocycles. The van der Waals surface area contributed by atoms with Crippen molar-refractivity contribution in [2.75, 3.05) is 5.32 Å². The Morgan fingerprint density at radius 3 is 2.12 bits per heavy atom. The highest BCUT2D eigenvalue weighted by atomic mass is 32.2. The molecule has 0 aliphatic rings. The van der Waals surface area contributed by atoms with Crippen molar-refractivity contribution in [1.29, 1.82) is 0 Å². The number of nitrogens with zero attached hydrogens (tertiary/aromatic N) is 2. The van der Waals surface area contributed by atoms with Gasteiger partial charge in [-0.1, -0.05) is 35.9 Å². The maximum atomic E-state index is 13.6. The lowest BCUT2D eigenvalue weighted by Gasteiger charge is -2.14. The normalized spacial score (nSPS) is 11.6. The van der Waals surface area contributed by atoms with Crippen molar-refractivity contribution in [1.82, 2.24) is 9.13 Å². The maximum absolute atomic E-state index is 13.6. The molecule has 0 atom stereocenters. The Bertz CT molecular complexity index is 1520. The Morgan fingerprint density at radius 2 is 1.52 bits per heavy atom. The smallest absolute Gasteiger partial charge is 0.321 e. The molecule has 1 aromatic heterocycles. The third-order valence-corrected chi connectivity index (χ3v) is 7.43. The molecule has 4 rings (SSSR count). The van der Waals surface area contributed by atoms with Crippen molar-refractivity contribution in [3.8, 4) is 0 Å². The molecule has 0 saturated carbocycles. The monoisotopic (exact) mass is 463 g/mol. The second-order valence-corrected chi connectivity index (χ2v) is 9.67. The molecule has 0 radical (unpaired) electrons. The zero-order chi connectivity index (χ0) is 23.8. The third-order valence-electron chi connectivity index (χ3n) is 5.62. The van der Waals surface area contributed by atoms with Crippen LogP contribution in [0.5, 0.6) is 0 Å². The van der Waals surface area contributed by atoms with Crippen LogP contribution in [0.4, 0.5) is 5.69 Å². The number of fused-ring (bicyclic) bond motifs is 1. The van der Waals surface area contributed by atoms with Crippen LogP contribution in [0, 0.1) is 6.92 Å². The number of aryl methyl sites for hydroxylation is 3. The molecular formula is C25H25N3O4S. The quantitative estimate of drug-likeness (QED) is 0.463. The Hall–Kier alpha value is -3.65. The molecule has 1 heterocycles. The highest BCUT2D eigenvalue weighted by Crippen LogP contribution is 2.32. The number of nitrogens with one attached hydrogen (secondary N) is 1. The largest absolute Gasteiger partial charge is 0.329 e. The number of carbonyl (C=O) groups is 1. The van der Waals surface area contributed by atoms with E-state index >= 15 is 0 Å². The molecule has 0 saturated heterocycles. The minimum atomic E-state index is -3.97. The maximum Gasteiger partial charge on any atom is 0.329 e. The van der Waals surface area contributed by atoms with Gasteiger partial charge in [0.05, 0.1) is 26.5 Å². The van der Waals surface area contributed by atoms with E-state index in [0.29, 0.717) is 29.7 Å². The number of aromatic nitrogens is 2. The minimum absolute atomic E-state index is 0.0577. The van der Waals surface area contributed by atoms with Gasteiger partial charge in [0.2, 0.25) is 9.84 Å². The molecule has 0 bridgehead atoms. The summed E-state index contributed by atoms with van der Waals surface area (Å²) in [5, 5.41) is 2.78. The Kier molecular flexibility index (Phi) is 5.95. The summed E-state index contributed by atoms with van der Waals surface area (Å²) >= 11 is 0. The number of sulfone groups is 1. The van der Waals surface area contributed by atoms with Crippen molar-refractivity contribution in [2.24, 2.45) is 0 Å². The Labute approximate surface area is 192 Å². The number of rotatable bonds is 6. The summed E-state index contributed by atoms with van der Waals surface area (Å²) in [6.07, 6.45) is 0. The van der Waals surface area contributed by atoms with Crippen molar-refractivity contribution >= 4 is 32.5 Å². The summed E-state index contributed by atoms with van der Waals surface area (Å²) in [5.41, 5.74) is 2.31. The molecular weight excluding hydrogens is 438 g/mol.